The van der Waals surface area contributed by atoms with Crippen LogP contribution in [0.3, 0.4) is 0 Å². The van der Waals surface area contributed by atoms with Crippen LogP contribution in [0.5, 0.6) is 0 Å². The second-order valence-electron chi connectivity index (χ2n) is 9.02. The lowest BCUT2D eigenvalue weighted by atomic mass is 9.98. The third-order valence-corrected chi connectivity index (χ3v) is 3.73. The van der Waals surface area contributed by atoms with Crippen LogP contribution in [0, 0.1) is 16.2 Å². The zero-order valence-corrected chi connectivity index (χ0v) is 15.5. The fourth-order valence-corrected chi connectivity index (χ4v) is 3.35. The van der Waals surface area contributed by atoms with Crippen LogP contribution in [0.4, 0.5) is 0 Å². The van der Waals surface area contributed by atoms with Crippen molar-refractivity contribution in [2.45, 2.75) is 62.3 Å². The van der Waals surface area contributed by atoms with Gasteiger partial charge in [-0.2, -0.15) is 0 Å². The number of rotatable bonds is 6. The molecular weight excluding hydrogens is 253 g/mol. The average molecular weight is 289 g/mol. The van der Waals surface area contributed by atoms with Crippen molar-refractivity contribution in [2.24, 2.45) is 16.2 Å². The first kappa shape index (κ1) is 19.3. The Labute approximate surface area is 122 Å². The van der Waals surface area contributed by atoms with E-state index in [0.717, 1.165) is 19.6 Å². The van der Waals surface area contributed by atoms with Gasteiger partial charge in [-0.25, -0.2) is 0 Å². The van der Waals surface area contributed by atoms with Gasteiger partial charge in [0.05, 0.1) is 0 Å². The monoisotopic (exact) mass is 289 g/mol. The van der Waals surface area contributed by atoms with Crippen molar-refractivity contribution in [1.82, 2.24) is 15.3 Å². The molecule has 0 aromatic rings. The minimum Gasteiger partial charge on any atom is -0.271 e. The molecule has 0 aliphatic heterocycles. The molecule has 19 heavy (non-hydrogen) atoms. The average Bonchev–Trinajstić information content (AvgIpc) is 2.11. The van der Waals surface area contributed by atoms with Crippen molar-refractivity contribution in [3.05, 3.63) is 0 Å². The van der Waals surface area contributed by atoms with Gasteiger partial charge < -0.3 is 0 Å². The van der Waals surface area contributed by atoms with Gasteiger partial charge in [0, 0.05) is 19.6 Å². The van der Waals surface area contributed by atoms with E-state index in [1.807, 2.05) is 0 Å². The highest BCUT2D eigenvalue weighted by atomic mass is 31.1. The van der Waals surface area contributed by atoms with Crippen molar-refractivity contribution >= 4 is 8.37 Å². The van der Waals surface area contributed by atoms with E-state index < -0.39 is 8.37 Å². The summed E-state index contributed by atoms with van der Waals surface area (Å²) in [6.07, 6.45) is 0. The lowest BCUT2D eigenvalue weighted by Crippen LogP contribution is -2.38. The zero-order valence-electron chi connectivity index (χ0n) is 14.6. The van der Waals surface area contributed by atoms with Gasteiger partial charge >= 0.3 is 0 Å². The Morgan fingerprint density at radius 3 is 0.895 bits per heavy atom. The first-order valence-corrected chi connectivity index (χ1v) is 8.63. The molecule has 0 aliphatic carbocycles. The molecule has 0 aromatic carbocycles. The van der Waals surface area contributed by atoms with E-state index in [0.29, 0.717) is 16.2 Å². The summed E-state index contributed by atoms with van der Waals surface area (Å²) in [5.74, 6) is 0. The quantitative estimate of drug-likeness (QED) is 0.644. The normalized spacial score (nSPS) is 14.2. The molecule has 0 radical (unpaired) electrons. The second kappa shape index (κ2) is 7.36. The highest BCUT2D eigenvalue weighted by molar-refractivity contribution is 7.51. The Kier molecular flexibility index (Phi) is 7.48. The van der Waals surface area contributed by atoms with Crippen molar-refractivity contribution in [2.75, 3.05) is 19.6 Å². The molecule has 0 aromatic heterocycles. The van der Waals surface area contributed by atoms with Gasteiger partial charge in [0.2, 0.25) is 0 Å². The van der Waals surface area contributed by atoms with Crippen LogP contribution in [0.2, 0.25) is 0 Å². The molecule has 3 N–H and O–H groups in total. The van der Waals surface area contributed by atoms with Crippen LogP contribution in [0.25, 0.3) is 0 Å². The first-order chi connectivity index (χ1) is 8.29. The topological polar surface area (TPSA) is 36.1 Å². The predicted molar refractivity (Wildman–Crippen MR) is 89.3 cm³/mol. The first-order valence-electron chi connectivity index (χ1n) is 7.29. The summed E-state index contributed by atoms with van der Waals surface area (Å²) in [6, 6.07) is 0. The van der Waals surface area contributed by atoms with Gasteiger partial charge in [0.25, 0.3) is 0 Å². The Morgan fingerprint density at radius 1 is 0.526 bits per heavy atom. The Hall–Kier alpha value is 0.310. The molecule has 4 heteroatoms. The maximum absolute atomic E-state index is 3.65. The van der Waals surface area contributed by atoms with Crippen molar-refractivity contribution < 1.29 is 0 Å². The van der Waals surface area contributed by atoms with Crippen LogP contribution < -0.4 is 15.3 Å². The summed E-state index contributed by atoms with van der Waals surface area (Å²) in [4.78, 5) is 0. The summed E-state index contributed by atoms with van der Waals surface area (Å²) in [7, 11) is -0.504. The lowest BCUT2D eigenvalue weighted by molar-refractivity contribution is 0.392. The summed E-state index contributed by atoms with van der Waals surface area (Å²) < 4.78 is 0. The van der Waals surface area contributed by atoms with Gasteiger partial charge in [-0.05, 0) is 16.2 Å². The molecule has 3 nitrogen and oxygen atoms in total. The Morgan fingerprint density at radius 2 is 0.737 bits per heavy atom. The number of hydrogen-bond donors (Lipinski definition) is 3. The van der Waals surface area contributed by atoms with Gasteiger partial charge in [0.1, 0.15) is 8.37 Å². The maximum atomic E-state index is 3.65. The van der Waals surface area contributed by atoms with E-state index in [1.165, 1.54) is 0 Å². The van der Waals surface area contributed by atoms with Crippen LogP contribution in [-0.2, 0) is 0 Å². The van der Waals surface area contributed by atoms with E-state index in [9.17, 15) is 0 Å². The minimum absolute atomic E-state index is 0.313. The molecule has 0 rings (SSSR count). The summed E-state index contributed by atoms with van der Waals surface area (Å²) in [6.45, 7) is 23.4. The van der Waals surface area contributed by atoms with Gasteiger partial charge in [-0.1, -0.05) is 62.3 Å². The van der Waals surface area contributed by atoms with Crippen LogP contribution >= 0.6 is 8.37 Å². The molecule has 0 amide bonds. The smallest absolute Gasteiger partial charge is 0.111 e. The fraction of sp³-hybridized carbons (Fsp3) is 1.00. The highest BCUT2D eigenvalue weighted by Gasteiger charge is 2.19. The van der Waals surface area contributed by atoms with Crippen LogP contribution in [0.1, 0.15) is 62.3 Å². The lowest BCUT2D eigenvalue weighted by Gasteiger charge is -2.31. The largest absolute Gasteiger partial charge is 0.271 e. The molecule has 0 unspecified atom stereocenters. The van der Waals surface area contributed by atoms with E-state index in [2.05, 4.69) is 77.6 Å². The van der Waals surface area contributed by atoms with Gasteiger partial charge in [-0.15, -0.1) is 0 Å². The number of hydrogen-bond acceptors (Lipinski definition) is 3. The second-order valence-corrected chi connectivity index (χ2v) is 10.6. The third kappa shape index (κ3) is 14.5. The van der Waals surface area contributed by atoms with E-state index >= 15 is 0 Å². The highest BCUT2D eigenvalue weighted by Crippen LogP contribution is 2.26. The van der Waals surface area contributed by atoms with E-state index in [4.69, 9.17) is 0 Å². The van der Waals surface area contributed by atoms with E-state index in [-0.39, 0.29) is 0 Å². The molecule has 116 valence electrons. The zero-order chi connectivity index (χ0) is 15.3. The van der Waals surface area contributed by atoms with E-state index in [1.54, 1.807) is 0 Å². The number of nitrogens with one attached hydrogen (secondary N) is 3. The predicted octanol–water partition coefficient (Wildman–Crippen LogP) is 4.12. The summed E-state index contributed by atoms with van der Waals surface area (Å²) in [5.41, 5.74) is 0.939. The van der Waals surface area contributed by atoms with Crippen molar-refractivity contribution in [3.8, 4) is 0 Å². The van der Waals surface area contributed by atoms with Crippen molar-refractivity contribution in [3.63, 3.8) is 0 Å². The van der Waals surface area contributed by atoms with Crippen LogP contribution in [0.15, 0.2) is 0 Å². The Bertz CT molecular complexity index is 203. The molecule has 0 aliphatic rings. The molecule has 0 fully saturated rings. The standard InChI is InChI=1S/C15H36N3P/c1-13(2,3)10-16-19(17-11-14(4,5)6)18-12-15(7,8)9/h16-18H,10-12H2,1-9H3. The van der Waals surface area contributed by atoms with Gasteiger partial charge in [0.15, 0.2) is 0 Å². The third-order valence-electron chi connectivity index (χ3n) is 2.30. The summed E-state index contributed by atoms with van der Waals surface area (Å²) in [5, 5.41) is 10.9. The van der Waals surface area contributed by atoms with Crippen LogP contribution in [-0.4, -0.2) is 19.6 Å². The molecule has 0 heterocycles. The molecule has 0 spiro atoms. The molecular formula is C15H36N3P. The molecule has 0 bridgehead atoms. The molecule has 0 atom stereocenters. The minimum atomic E-state index is -0.504. The van der Waals surface area contributed by atoms with Crippen molar-refractivity contribution in [1.29, 1.82) is 0 Å². The maximum Gasteiger partial charge on any atom is 0.111 e. The SMILES string of the molecule is CC(C)(C)CNP(NCC(C)(C)C)NCC(C)(C)C. The summed E-state index contributed by atoms with van der Waals surface area (Å²) >= 11 is 0. The molecule has 0 saturated carbocycles. The fourth-order valence-electron chi connectivity index (χ4n) is 1.12. The Balaban J connectivity index is 4.30. The van der Waals surface area contributed by atoms with Gasteiger partial charge in [-0.3, -0.25) is 15.3 Å². The molecule has 0 saturated heterocycles.